The third-order valence-corrected chi connectivity index (χ3v) is 4.83. The van der Waals surface area contributed by atoms with Gasteiger partial charge in [-0.15, -0.1) is 22.7 Å². The maximum absolute atomic E-state index is 12.0. The van der Waals surface area contributed by atoms with Crippen LogP contribution in [-0.4, -0.2) is 5.78 Å². The Kier molecular flexibility index (Phi) is 3.47. The van der Waals surface area contributed by atoms with Crippen LogP contribution in [0.15, 0.2) is 18.2 Å². The van der Waals surface area contributed by atoms with Gasteiger partial charge in [0.05, 0.1) is 9.21 Å². The van der Waals surface area contributed by atoms with Gasteiger partial charge in [0.2, 0.25) is 0 Å². The fraction of sp³-hybridized carbons (Fsp3) is 0.250. The van der Waals surface area contributed by atoms with Crippen LogP contribution in [0, 0.1) is 13.8 Å². The van der Waals surface area contributed by atoms with Gasteiger partial charge in [-0.2, -0.15) is 0 Å². The summed E-state index contributed by atoms with van der Waals surface area (Å²) in [5.74, 6) is 0.180. The fourth-order valence-electron chi connectivity index (χ4n) is 1.40. The van der Waals surface area contributed by atoms with E-state index in [9.17, 15) is 4.79 Å². The second-order valence-corrected chi connectivity index (χ2v) is 6.71. The van der Waals surface area contributed by atoms with Crippen LogP contribution in [-0.2, 0) is 6.42 Å². The highest BCUT2D eigenvalue weighted by Gasteiger charge is 2.12. The van der Waals surface area contributed by atoms with Crippen molar-refractivity contribution in [3.8, 4) is 0 Å². The van der Waals surface area contributed by atoms with Gasteiger partial charge in [-0.05, 0) is 37.6 Å². The van der Waals surface area contributed by atoms with Crippen molar-refractivity contribution in [2.75, 3.05) is 0 Å². The van der Waals surface area contributed by atoms with E-state index in [2.05, 4.69) is 0 Å². The highest BCUT2D eigenvalue weighted by molar-refractivity contribution is 7.16. The van der Waals surface area contributed by atoms with E-state index in [1.807, 2.05) is 32.0 Å². The van der Waals surface area contributed by atoms with Crippen LogP contribution < -0.4 is 0 Å². The lowest BCUT2D eigenvalue weighted by Crippen LogP contribution is -1.98. The third kappa shape index (κ3) is 2.54. The molecule has 0 atom stereocenters. The number of carbonyl (C=O) groups is 1. The molecular weight excluding hydrogens is 260 g/mol. The first kappa shape index (κ1) is 11.8. The normalized spacial score (nSPS) is 10.7. The Balaban J connectivity index is 2.14. The molecular formula is C12H11ClOS2. The number of ketones is 1. The molecule has 0 aliphatic rings. The smallest absolute Gasteiger partial charge is 0.177 e. The first-order chi connectivity index (χ1) is 7.56. The molecule has 0 bridgehead atoms. The molecule has 0 unspecified atom stereocenters. The van der Waals surface area contributed by atoms with Crippen molar-refractivity contribution in [3.05, 3.63) is 42.7 Å². The van der Waals surface area contributed by atoms with Gasteiger partial charge in [0.25, 0.3) is 0 Å². The Bertz CT molecular complexity index is 505. The van der Waals surface area contributed by atoms with Crippen LogP contribution in [0.25, 0.3) is 0 Å². The molecule has 2 aromatic heterocycles. The predicted molar refractivity (Wildman–Crippen MR) is 71.2 cm³/mol. The van der Waals surface area contributed by atoms with Gasteiger partial charge in [-0.3, -0.25) is 4.79 Å². The molecule has 0 N–H and O–H groups in total. The second-order valence-electron chi connectivity index (χ2n) is 3.66. The van der Waals surface area contributed by atoms with Crippen molar-refractivity contribution in [1.29, 1.82) is 0 Å². The fourth-order valence-corrected chi connectivity index (χ4v) is 3.46. The molecule has 4 heteroatoms. The lowest BCUT2D eigenvalue weighted by atomic mass is 10.2. The molecule has 0 aliphatic carbocycles. The SMILES string of the molecule is Cc1cc(C(=O)Cc2ccc(Cl)s2)sc1C. The number of Topliss-reactive ketones (excluding diaryl/α,β-unsaturated/α-hetero) is 1. The monoisotopic (exact) mass is 270 g/mol. The van der Waals surface area contributed by atoms with Crippen molar-refractivity contribution in [3.63, 3.8) is 0 Å². The first-order valence-electron chi connectivity index (χ1n) is 4.90. The number of aryl methyl sites for hydroxylation is 2. The summed E-state index contributed by atoms with van der Waals surface area (Å²) in [5, 5.41) is 0. The minimum Gasteiger partial charge on any atom is -0.293 e. The summed E-state index contributed by atoms with van der Waals surface area (Å²) < 4.78 is 0.737. The van der Waals surface area contributed by atoms with Gasteiger partial charge in [-0.1, -0.05) is 11.6 Å². The molecule has 2 rings (SSSR count). The standard InChI is InChI=1S/C12H11ClOS2/c1-7-5-11(15-8(7)2)10(14)6-9-3-4-12(13)16-9/h3-5H,6H2,1-2H3. The van der Waals surface area contributed by atoms with Gasteiger partial charge in [0.15, 0.2) is 5.78 Å². The zero-order valence-electron chi connectivity index (χ0n) is 9.04. The number of halogens is 1. The maximum atomic E-state index is 12.0. The number of hydrogen-bond acceptors (Lipinski definition) is 3. The van der Waals surface area contributed by atoms with Crippen molar-refractivity contribution in [1.82, 2.24) is 0 Å². The lowest BCUT2D eigenvalue weighted by molar-refractivity contribution is 0.0997. The van der Waals surface area contributed by atoms with Crippen LogP contribution in [0.5, 0.6) is 0 Å². The Hall–Kier alpha value is -0.640. The van der Waals surface area contributed by atoms with E-state index in [4.69, 9.17) is 11.6 Å². The van der Waals surface area contributed by atoms with E-state index in [1.54, 1.807) is 11.3 Å². The van der Waals surface area contributed by atoms with Gasteiger partial charge >= 0.3 is 0 Å². The third-order valence-electron chi connectivity index (χ3n) is 2.40. The summed E-state index contributed by atoms with van der Waals surface area (Å²) in [7, 11) is 0. The van der Waals surface area contributed by atoms with Crippen molar-refractivity contribution in [2.45, 2.75) is 20.3 Å². The molecule has 1 nitrogen and oxygen atoms in total. The molecule has 0 aliphatic heterocycles. The Morgan fingerprint density at radius 3 is 2.56 bits per heavy atom. The van der Waals surface area contributed by atoms with Crippen LogP contribution in [0.4, 0.5) is 0 Å². The number of rotatable bonds is 3. The van der Waals surface area contributed by atoms with Crippen LogP contribution in [0.1, 0.15) is 25.0 Å². The Morgan fingerprint density at radius 2 is 2.06 bits per heavy atom. The van der Waals surface area contributed by atoms with Crippen molar-refractivity contribution < 1.29 is 4.79 Å². The molecule has 0 aromatic carbocycles. The molecule has 16 heavy (non-hydrogen) atoms. The minimum atomic E-state index is 0.180. The van der Waals surface area contributed by atoms with Crippen LogP contribution in [0.3, 0.4) is 0 Å². The van der Waals surface area contributed by atoms with Crippen LogP contribution >= 0.6 is 34.3 Å². The average molecular weight is 271 g/mol. The molecule has 0 saturated carbocycles. The maximum Gasteiger partial charge on any atom is 0.177 e. The van der Waals surface area contributed by atoms with Crippen molar-refractivity contribution >= 4 is 40.1 Å². The summed E-state index contributed by atoms with van der Waals surface area (Å²) >= 11 is 8.87. The number of carbonyl (C=O) groups excluding carboxylic acids is 1. The zero-order chi connectivity index (χ0) is 11.7. The quantitative estimate of drug-likeness (QED) is 0.750. The first-order valence-corrected chi connectivity index (χ1v) is 6.92. The van der Waals surface area contributed by atoms with E-state index in [0.29, 0.717) is 6.42 Å². The Labute approximate surface area is 108 Å². The zero-order valence-corrected chi connectivity index (χ0v) is 11.4. The van der Waals surface area contributed by atoms with Gasteiger partial charge < -0.3 is 0 Å². The Morgan fingerprint density at radius 1 is 1.31 bits per heavy atom. The molecule has 0 spiro atoms. The summed E-state index contributed by atoms with van der Waals surface area (Å²) in [5.41, 5.74) is 1.19. The molecule has 84 valence electrons. The van der Waals surface area contributed by atoms with Crippen molar-refractivity contribution in [2.24, 2.45) is 0 Å². The summed E-state index contributed by atoms with van der Waals surface area (Å²) in [6.07, 6.45) is 0.455. The minimum absolute atomic E-state index is 0.180. The molecule has 0 amide bonds. The number of hydrogen-bond donors (Lipinski definition) is 0. The van der Waals surface area contributed by atoms with Gasteiger partial charge in [0, 0.05) is 16.2 Å². The van der Waals surface area contributed by atoms with Crippen LogP contribution in [0.2, 0.25) is 4.34 Å². The average Bonchev–Trinajstić information content (AvgIpc) is 2.75. The van der Waals surface area contributed by atoms with E-state index in [0.717, 1.165) is 14.1 Å². The number of thiophene rings is 2. The molecule has 2 aromatic rings. The van der Waals surface area contributed by atoms with Gasteiger partial charge in [0.1, 0.15) is 0 Å². The summed E-state index contributed by atoms with van der Waals surface area (Å²) in [6, 6.07) is 5.72. The highest BCUT2D eigenvalue weighted by atomic mass is 35.5. The highest BCUT2D eigenvalue weighted by Crippen LogP contribution is 2.25. The topological polar surface area (TPSA) is 17.1 Å². The van der Waals surface area contributed by atoms with E-state index in [-0.39, 0.29) is 5.78 Å². The van der Waals surface area contributed by atoms with E-state index in [1.165, 1.54) is 21.8 Å². The van der Waals surface area contributed by atoms with E-state index < -0.39 is 0 Å². The van der Waals surface area contributed by atoms with E-state index >= 15 is 0 Å². The van der Waals surface area contributed by atoms with Gasteiger partial charge in [-0.25, -0.2) is 0 Å². The summed E-state index contributed by atoms with van der Waals surface area (Å²) in [4.78, 5) is 15.1. The molecule has 0 radical (unpaired) electrons. The predicted octanol–water partition coefficient (Wildman–Crippen LogP) is 4.51. The molecule has 2 heterocycles. The summed E-state index contributed by atoms with van der Waals surface area (Å²) in [6.45, 7) is 4.07. The second kappa shape index (κ2) is 4.70. The molecule has 0 saturated heterocycles. The lowest BCUT2D eigenvalue weighted by Gasteiger charge is -1.93. The largest absolute Gasteiger partial charge is 0.293 e. The molecule has 0 fully saturated rings.